The molecule has 0 bridgehead atoms. The van der Waals surface area contributed by atoms with Crippen molar-refractivity contribution in [2.45, 2.75) is 24.6 Å². The molecule has 9 heteroatoms. The summed E-state index contributed by atoms with van der Waals surface area (Å²) >= 11 is 0. The van der Waals surface area contributed by atoms with Gasteiger partial charge in [0.2, 0.25) is 0 Å². The van der Waals surface area contributed by atoms with Gasteiger partial charge < -0.3 is 29.5 Å². The molecule has 1 aliphatic heterocycles. The first kappa shape index (κ1) is 11.7. The van der Waals surface area contributed by atoms with Gasteiger partial charge in [-0.2, -0.15) is 0 Å². The molecule has 0 aromatic carbocycles. The first-order chi connectivity index (χ1) is 6.35. The van der Waals surface area contributed by atoms with Crippen LogP contribution in [0.15, 0.2) is 0 Å². The quantitative estimate of drug-likeness (QED) is 0.314. The van der Waals surface area contributed by atoms with E-state index in [-0.39, 0.29) is 6.29 Å². The minimum atomic E-state index is -4.83. The van der Waals surface area contributed by atoms with Crippen LogP contribution in [0.2, 0.25) is 0 Å². The van der Waals surface area contributed by atoms with Gasteiger partial charge in [-0.25, -0.2) is 4.57 Å². The van der Waals surface area contributed by atoms with Crippen LogP contribution in [0, 0.1) is 0 Å². The zero-order chi connectivity index (χ0) is 10.9. The highest BCUT2D eigenvalue weighted by atomic mass is 31.2. The van der Waals surface area contributed by atoms with E-state index >= 15 is 0 Å². The van der Waals surface area contributed by atoms with Gasteiger partial charge in [-0.3, -0.25) is 4.52 Å². The predicted molar refractivity (Wildman–Crippen MR) is 39.9 cm³/mol. The molecule has 1 heterocycles. The van der Waals surface area contributed by atoms with Crippen molar-refractivity contribution in [1.82, 2.24) is 0 Å². The lowest BCUT2D eigenvalue weighted by molar-refractivity contribution is -0.136. The Kier molecular flexibility index (Phi) is 3.38. The number of ether oxygens (including phenoxy) is 1. The number of rotatable bonds is 3. The number of aldehydes is 1. The maximum absolute atomic E-state index is 10.3. The molecule has 1 fully saturated rings. The third-order valence-electron chi connectivity index (χ3n) is 1.63. The van der Waals surface area contributed by atoms with Gasteiger partial charge in [0.05, 0.1) is 0 Å². The number of hydrogen-bond acceptors (Lipinski definition) is 6. The molecule has 0 spiro atoms. The number of carbonyl (C=O) groups is 1. The molecule has 0 aromatic rings. The molecule has 0 unspecified atom stereocenters. The molecule has 14 heavy (non-hydrogen) atoms. The van der Waals surface area contributed by atoms with Crippen LogP contribution < -0.4 is 0 Å². The molecule has 1 saturated heterocycles. The smallest absolute Gasteiger partial charge is 0.387 e. The van der Waals surface area contributed by atoms with Crippen LogP contribution in [0.25, 0.3) is 0 Å². The lowest BCUT2D eigenvalue weighted by Gasteiger charge is -2.15. The highest BCUT2D eigenvalue weighted by Crippen LogP contribution is 2.40. The van der Waals surface area contributed by atoms with Crippen molar-refractivity contribution in [2.75, 3.05) is 0 Å². The molecule has 82 valence electrons. The summed E-state index contributed by atoms with van der Waals surface area (Å²) in [6.07, 6.45) is -6.07. The summed E-state index contributed by atoms with van der Waals surface area (Å²) in [6.45, 7) is 0. The first-order valence-corrected chi connectivity index (χ1v) is 5.09. The summed E-state index contributed by atoms with van der Waals surface area (Å²) in [5.41, 5.74) is 0. The summed E-state index contributed by atoms with van der Waals surface area (Å²) in [4.78, 5) is 27.0. The third kappa shape index (κ3) is 2.58. The second kappa shape index (κ2) is 4.03. The third-order valence-corrected chi connectivity index (χ3v) is 2.11. The molecule has 0 radical (unpaired) electrons. The lowest BCUT2D eigenvalue weighted by atomic mass is 10.1. The number of hydrogen-bond donors (Lipinski definition) is 4. The second-order valence-corrected chi connectivity index (χ2v) is 3.87. The molecule has 0 aliphatic carbocycles. The summed E-state index contributed by atoms with van der Waals surface area (Å²) in [7, 11) is -4.83. The highest BCUT2D eigenvalue weighted by Gasteiger charge is 2.45. The van der Waals surface area contributed by atoms with Crippen LogP contribution in [-0.2, 0) is 18.6 Å². The maximum Gasteiger partial charge on any atom is 0.472 e. The fourth-order valence-electron chi connectivity index (χ4n) is 1.01. The van der Waals surface area contributed by atoms with Crippen molar-refractivity contribution in [1.29, 1.82) is 0 Å². The summed E-state index contributed by atoms with van der Waals surface area (Å²) < 4.78 is 18.9. The summed E-state index contributed by atoms with van der Waals surface area (Å²) in [5, 5.41) is 18.2. The number of aliphatic hydroxyl groups is 2. The van der Waals surface area contributed by atoms with Gasteiger partial charge in [0.15, 0.2) is 12.6 Å². The van der Waals surface area contributed by atoms with E-state index in [4.69, 9.17) is 20.0 Å². The summed E-state index contributed by atoms with van der Waals surface area (Å²) in [6, 6.07) is 0. The molecule has 4 atom stereocenters. The molecular weight excluding hydrogens is 219 g/mol. The molecule has 4 N–H and O–H groups in total. The van der Waals surface area contributed by atoms with Gasteiger partial charge in [0, 0.05) is 0 Å². The van der Waals surface area contributed by atoms with Crippen LogP contribution >= 0.6 is 7.82 Å². The minimum Gasteiger partial charge on any atom is -0.387 e. The van der Waals surface area contributed by atoms with Crippen LogP contribution in [0.5, 0.6) is 0 Å². The Morgan fingerprint density at radius 1 is 1.29 bits per heavy atom. The van der Waals surface area contributed by atoms with Crippen LogP contribution in [0.3, 0.4) is 0 Å². The number of phosphoric ester groups is 1. The molecule has 1 rings (SSSR count). The van der Waals surface area contributed by atoms with Gasteiger partial charge in [0.1, 0.15) is 18.3 Å². The van der Waals surface area contributed by atoms with E-state index in [9.17, 15) is 9.36 Å². The van der Waals surface area contributed by atoms with E-state index < -0.39 is 32.4 Å². The Balaban J connectivity index is 2.66. The summed E-state index contributed by atoms with van der Waals surface area (Å²) in [5.74, 6) is 0. The maximum atomic E-state index is 10.3. The Hall–Kier alpha value is -0.340. The van der Waals surface area contributed by atoms with Crippen LogP contribution in [-0.4, -0.2) is 50.9 Å². The van der Waals surface area contributed by atoms with Crippen LogP contribution in [0.1, 0.15) is 0 Å². The Morgan fingerprint density at radius 2 is 1.86 bits per heavy atom. The predicted octanol–water partition coefficient (Wildman–Crippen LogP) is -2.26. The Morgan fingerprint density at radius 3 is 2.21 bits per heavy atom. The van der Waals surface area contributed by atoms with Gasteiger partial charge in [-0.1, -0.05) is 0 Å². The van der Waals surface area contributed by atoms with E-state index in [1.807, 2.05) is 0 Å². The van der Waals surface area contributed by atoms with Crippen LogP contribution in [0.4, 0.5) is 0 Å². The SMILES string of the molecule is O=C[C@@H]1O[C@H](OP(=O)(O)O)[C@H](O)[C@H]1O. The second-order valence-electron chi connectivity index (χ2n) is 2.68. The largest absolute Gasteiger partial charge is 0.472 e. The Labute approximate surface area is 78.3 Å². The van der Waals surface area contributed by atoms with Crippen molar-refractivity contribution in [3.8, 4) is 0 Å². The topological polar surface area (TPSA) is 134 Å². The van der Waals surface area contributed by atoms with Gasteiger partial charge >= 0.3 is 7.82 Å². The molecule has 1 aliphatic rings. The number of phosphoric acid groups is 1. The Bertz CT molecular complexity index is 260. The molecule has 0 aromatic heterocycles. The van der Waals surface area contributed by atoms with Gasteiger partial charge in [0.25, 0.3) is 0 Å². The van der Waals surface area contributed by atoms with Crippen molar-refractivity contribution >= 4 is 14.1 Å². The van der Waals surface area contributed by atoms with Crippen molar-refractivity contribution in [3.05, 3.63) is 0 Å². The number of aliphatic hydroxyl groups excluding tert-OH is 2. The highest BCUT2D eigenvalue weighted by molar-refractivity contribution is 7.46. The lowest BCUT2D eigenvalue weighted by Crippen LogP contribution is -2.33. The van der Waals surface area contributed by atoms with E-state index in [0.29, 0.717) is 0 Å². The standard InChI is InChI=1S/C5H9O8P/c6-1-2-3(7)4(8)5(12-2)13-14(9,10)11/h1-5,7-8H,(H2,9,10,11)/t2-,3-,4+,5+/m0/s1. The normalized spacial score (nSPS) is 38.6. The average molecular weight is 228 g/mol. The zero-order valence-corrected chi connectivity index (χ0v) is 7.65. The monoisotopic (exact) mass is 228 g/mol. The van der Waals surface area contributed by atoms with Crippen molar-refractivity contribution in [2.24, 2.45) is 0 Å². The molecule has 8 nitrogen and oxygen atoms in total. The molecule has 0 amide bonds. The van der Waals surface area contributed by atoms with Crippen molar-refractivity contribution in [3.63, 3.8) is 0 Å². The minimum absolute atomic E-state index is 0.205. The van der Waals surface area contributed by atoms with E-state index in [1.165, 1.54) is 0 Å². The van der Waals surface area contributed by atoms with E-state index in [2.05, 4.69) is 9.26 Å². The average Bonchev–Trinajstić information content (AvgIpc) is 2.30. The van der Waals surface area contributed by atoms with E-state index in [1.54, 1.807) is 0 Å². The van der Waals surface area contributed by atoms with Gasteiger partial charge in [-0.15, -0.1) is 0 Å². The first-order valence-electron chi connectivity index (χ1n) is 3.56. The molecule has 0 saturated carbocycles. The molecular formula is C5H9O8P. The number of carbonyl (C=O) groups excluding carboxylic acids is 1. The van der Waals surface area contributed by atoms with Gasteiger partial charge in [-0.05, 0) is 0 Å². The fraction of sp³-hybridized carbons (Fsp3) is 0.800. The van der Waals surface area contributed by atoms with Crippen molar-refractivity contribution < 1.29 is 38.6 Å². The zero-order valence-electron chi connectivity index (χ0n) is 6.76. The van der Waals surface area contributed by atoms with E-state index in [0.717, 1.165) is 0 Å². The fourth-order valence-corrected chi connectivity index (χ4v) is 1.45.